The molecule has 0 saturated carbocycles. The predicted octanol–water partition coefficient (Wildman–Crippen LogP) is 1.08. The van der Waals surface area contributed by atoms with E-state index in [1.54, 1.807) is 6.92 Å². The SMILES string of the molecule is C=C(C)C(=O)/C(=C\C(=O)O)OC.C=C(C)C1(O)OC(=O)C=C1OC. The third-order valence-electron chi connectivity index (χ3n) is 2.72. The molecule has 8 nitrogen and oxygen atoms in total. The first-order valence-electron chi connectivity index (χ1n) is 6.55. The molecule has 0 saturated heterocycles. The molecule has 1 atom stereocenters. The highest BCUT2D eigenvalue weighted by molar-refractivity contribution is 6.08. The summed E-state index contributed by atoms with van der Waals surface area (Å²) in [4.78, 5) is 32.0. The number of ketones is 1. The van der Waals surface area contributed by atoms with E-state index in [1.165, 1.54) is 21.1 Å². The Kier molecular flexibility index (Phi) is 7.64. The Bertz CT molecular complexity index is 626. The molecule has 0 bridgehead atoms. The van der Waals surface area contributed by atoms with Crippen molar-refractivity contribution in [2.45, 2.75) is 19.6 Å². The number of hydrogen-bond acceptors (Lipinski definition) is 7. The number of carboxylic acid groups (broad SMARTS) is 1. The van der Waals surface area contributed by atoms with E-state index in [2.05, 4.69) is 22.6 Å². The van der Waals surface area contributed by atoms with Gasteiger partial charge in [-0.25, -0.2) is 9.59 Å². The zero-order valence-corrected chi connectivity index (χ0v) is 13.9. The number of aliphatic hydroxyl groups is 1. The van der Waals surface area contributed by atoms with Crippen molar-refractivity contribution in [3.05, 3.63) is 48.0 Å². The van der Waals surface area contributed by atoms with Crippen LogP contribution in [-0.4, -0.2) is 47.9 Å². The summed E-state index contributed by atoms with van der Waals surface area (Å²) < 4.78 is 13.9. The molecule has 0 aromatic rings. The Morgan fingerprint density at radius 1 is 1.29 bits per heavy atom. The molecule has 0 aliphatic carbocycles. The smallest absolute Gasteiger partial charge is 0.337 e. The summed E-state index contributed by atoms with van der Waals surface area (Å²) in [5, 5.41) is 18.0. The monoisotopic (exact) mass is 340 g/mol. The van der Waals surface area contributed by atoms with E-state index in [0.29, 0.717) is 11.6 Å². The number of carbonyl (C=O) groups excluding carboxylic acids is 2. The number of allylic oxidation sites excluding steroid dienone is 1. The van der Waals surface area contributed by atoms with Crippen molar-refractivity contribution >= 4 is 17.7 Å². The first-order chi connectivity index (χ1) is 11.0. The molecule has 0 fully saturated rings. The van der Waals surface area contributed by atoms with Crippen LogP contribution in [-0.2, 0) is 28.6 Å². The number of hydrogen-bond donors (Lipinski definition) is 2. The molecule has 0 aromatic heterocycles. The lowest BCUT2D eigenvalue weighted by atomic mass is 10.1. The van der Waals surface area contributed by atoms with Gasteiger partial charge in [0.05, 0.1) is 26.4 Å². The van der Waals surface area contributed by atoms with Crippen LogP contribution in [0.2, 0.25) is 0 Å². The van der Waals surface area contributed by atoms with Crippen molar-refractivity contribution in [1.29, 1.82) is 0 Å². The number of carboxylic acids is 1. The molecule has 2 N–H and O–H groups in total. The van der Waals surface area contributed by atoms with Crippen LogP contribution in [0.1, 0.15) is 13.8 Å². The predicted molar refractivity (Wildman–Crippen MR) is 83.5 cm³/mol. The van der Waals surface area contributed by atoms with Gasteiger partial charge < -0.3 is 24.4 Å². The zero-order valence-electron chi connectivity index (χ0n) is 13.9. The van der Waals surface area contributed by atoms with Gasteiger partial charge in [-0.15, -0.1) is 0 Å². The van der Waals surface area contributed by atoms with Crippen LogP contribution in [0.5, 0.6) is 0 Å². The molecular formula is C16H20O8. The third kappa shape index (κ3) is 5.40. The van der Waals surface area contributed by atoms with Crippen molar-refractivity contribution in [2.75, 3.05) is 14.2 Å². The molecular weight excluding hydrogens is 320 g/mol. The van der Waals surface area contributed by atoms with Gasteiger partial charge >= 0.3 is 11.9 Å². The van der Waals surface area contributed by atoms with Gasteiger partial charge in [-0.05, 0) is 25.0 Å². The highest BCUT2D eigenvalue weighted by Gasteiger charge is 2.43. The Morgan fingerprint density at radius 2 is 1.83 bits per heavy atom. The van der Waals surface area contributed by atoms with E-state index in [0.717, 1.165) is 6.08 Å². The lowest BCUT2D eigenvalue weighted by Gasteiger charge is -2.23. The molecule has 0 aromatic carbocycles. The maximum atomic E-state index is 11.1. The van der Waals surface area contributed by atoms with Gasteiger partial charge in [0.25, 0.3) is 5.79 Å². The number of esters is 1. The number of methoxy groups -OCH3 is 2. The molecule has 1 rings (SSSR count). The molecule has 132 valence electrons. The minimum atomic E-state index is -1.77. The van der Waals surface area contributed by atoms with E-state index in [4.69, 9.17) is 9.84 Å². The van der Waals surface area contributed by atoms with Gasteiger partial charge in [0, 0.05) is 0 Å². The first kappa shape index (κ1) is 21.1. The second kappa shape index (κ2) is 8.68. The Balaban J connectivity index is 0.000000441. The van der Waals surface area contributed by atoms with Crippen molar-refractivity contribution in [3.8, 4) is 0 Å². The zero-order chi connectivity index (χ0) is 19.1. The molecule has 1 aliphatic rings. The van der Waals surface area contributed by atoms with Crippen LogP contribution in [0.3, 0.4) is 0 Å². The number of rotatable bonds is 6. The largest absolute Gasteiger partial charge is 0.494 e. The fourth-order valence-corrected chi connectivity index (χ4v) is 1.46. The topological polar surface area (TPSA) is 119 Å². The van der Waals surface area contributed by atoms with Crippen LogP contribution in [0, 0.1) is 0 Å². The number of Topliss-reactive ketones (excluding diaryl/α,β-unsaturated/α-hetero) is 1. The first-order valence-corrected chi connectivity index (χ1v) is 6.55. The van der Waals surface area contributed by atoms with Gasteiger partial charge in [0.15, 0.2) is 11.5 Å². The normalized spacial score (nSPS) is 19.3. The fourth-order valence-electron chi connectivity index (χ4n) is 1.46. The van der Waals surface area contributed by atoms with E-state index < -0.39 is 23.5 Å². The summed E-state index contributed by atoms with van der Waals surface area (Å²) in [6, 6.07) is 0. The van der Waals surface area contributed by atoms with Gasteiger partial charge in [0.1, 0.15) is 0 Å². The van der Waals surface area contributed by atoms with Crippen molar-refractivity contribution in [2.24, 2.45) is 0 Å². The van der Waals surface area contributed by atoms with Crippen LogP contribution < -0.4 is 0 Å². The molecule has 1 unspecified atom stereocenters. The molecule has 8 heteroatoms. The minimum absolute atomic E-state index is 0.0694. The Hall–Kier alpha value is -2.87. The average Bonchev–Trinajstić information content (AvgIpc) is 2.79. The summed E-state index contributed by atoms with van der Waals surface area (Å²) in [7, 11) is 2.58. The average molecular weight is 340 g/mol. The Morgan fingerprint density at radius 3 is 2.12 bits per heavy atom. The van der Waals surface area contributed by atoms with Crippen molar-refractivity contribution in [1.82, 2.24) is 0 Å². The number of cyclic esters (lactones) is 1. The van der Waals surface area contributed by atoms with Crippen LogP contribution in [0.4, 0.5) is 0 Å². The van der Waals surface area contributed by atoms with Crippen molar-refractivity contribution in [3.63, 3.8) is 0 Å². The number of ether oxygens (including phenoxy) is 3. The highest BCUT2D eigenvalue weighted by Crippen LogP contribution is 2.31. The molecule has 0 spiro atoms. The van der Waals surface area contributed by atoms with Crippen LogP contribution in [0.15, 0.2) is 48.0 Å². The number of carbonyl (C=O) groups is 3. The summed E-state index contributed by atoms with van der Waals surface area (Å²) in [6.07, 6.45) is 1.80. The maximum absolute atomic E-state index is 11.1. The molecule has 1 aliphatic heterocycles. The van der Waals surface area contributed by atoms with Crippen LogP contribution in [0.25, 0.3) is 0 Å². The van der Waals surface area contributed by atoms with Gasteiger partial charge in [0.2, 0.25) is 5.78 Å². The lowest BCUT2D eigenvalue weighted by molar-refractivity contribution is -0.176. The third-order valence-corrected chi connectivity index (χ3v) is 2.72. The van der Waals surface area contributed by atoms with Gasteiger partial charge in [-0.2, -0.15) is 0 Å². The Labute approximate surface area is 139 Å². The molecule has 24 heavy (non-hydrogen) atoms. The van der Waals surface area contributed by atoms with Crippen molar-refractivity contribution < 1.29 is 38.8 Å². The van der Waals surface area contributed by atoms with E-state index >= 15 is 0 Å². The van der Waals surface area contributed by atoms with E-state index in [-0.39, 0.29) is 17.1 Å². The summed E-state index contributed by atoms with van der Waals surface area (Å²) in [6.45, 7) is 9.89. The standard InChI is InChI=1S/2C8H10O4/c1-5(2)8(10)6(11-3)4-7(9)12-8;1-5(2)8(11)6(12-3)4-7(9)10/h4,10H,1H2,2-3H3;4H,1H2,2-3H3,(H,9,10)/b;6-4+. The molecule has 1 heterocycles. The molecule has 0 amide bonds. The summed E-state index contributed by atoms with van der Waals surface area (Å²) >= 11 is 0. The van der Waals surface area contributed by atoms with E-state index in [9.17, 15) is 19.5 Å². The maximum Gasteiger partial charge on any atom is 0.337 e. The second-order valence-electron chi connectivity index (χ2n) is 4.72. The molecule has 0 radical (unpaired) electrons. The summed E-state index contributed by atoms with van der Waals surface area (Å²) in [5.41, 5.74) is 0.547. The number of aliphatic carboxylic acids is 1. The van der Waals surface area contributed by atoms with E-state index in [1.807, 2.05) is 0 Å². The van der Waals surface area contributed by atoms with Gasteiger partial charge in [-0.3, -0.25) is 4.79 Å². The van der Waals surface area contributed by atoms with Gasteiger partial charge in [-0.1, -0.05) is 13.2 Å². The fraction of sp³-hybridized carbons (Fsp3) is 0.312. The quantitative estimate of drug-likeness (QED) is 0.319. The second-order valence-corrected chi connectivity index (χ2v) is 4.72. The van der Waals surface area contributed by atoms with Crippen LogP contribution >= 0.6 is 0 Å². The summed E-state index contributed by atoms with van der Waals surface area (Å²) in [5.74, 6) is -4.26. The minimum Gasteiger partial charge on any atom is -0.494 e. The highest BCUT2D eigenvalue weighted by atomic mass is 16.7. The lowest BCUT2D eigenvalue weighted by Crippen LogP contribution is -2.33.